The third-order valence-corrected chi connectivity index (χ3v) is 5.32. The number of halogens is 1. The zero-order valence-electron chi connectivity index (χ0n) is 13.0. The molecule has 132 valence electrons. The van der Waals surface area contributed by atoms with E-state index in [1.54, 1.807) is 0 Å². The van der Waals surface area contributed by atoms with E-state index in [0.29, 0.717) is 6.42 Å². The van der Waals surface area contributed by atoms with E-state index in [0.717, 1.165) is 12.3 Å². The van der Waals surface area contributed by atoms with Gasteiger partial charge in [0.2, 0.25) is 25.8 Å². The molecular formula is C13H16FN3O5S2. The van der Waals surface area contributed by atoms with E-state index in [4.69, 9.17) is 4.42 Å². The Morgan fingerprint density at radius 2 is 1.92 bits per heavy atom. The van der Waals surface area contributed by atoms with Crippen molar-refractivity contribution < 1.29 is 25.6 Å². The molecule has 1 aromatic heterocycles. The Kier molecular flexibility index (Phi) is 5.35. The predicted molar refractivity (Wildman–Crippen MR) is 82.1 cm³/mol. The van der Waals surface area contributed by atoms with Crippen molar-refractivity contribution >= 4 is 19.9 Å². The molecule has 0 radical (unpaired) electrons. The molecule has 0 amide bonds. The Balaban J connectivity index is 1.91. The molecule has 0 fully saturated rings. The summed E-state index contributed by atoms with van der Waals surface area (Å²) in [6.07, 6.45) is 1.49. The maximum absolute atomic E-state index is 13.2. The number of sulfone groups is 1. The third kappa shape index (κ3) is 4.58. The second-order valence-electron chi connectivity index (χ2n) is 5.15. The van der Waals surface area contributed by atoms with Crippen molar-refractivity contribution in [3.63, 3.8) is 0 Å². The van der Waals surface area contributed by atoms with Gasteiger partial charge in [-0.25, -0.2) is 25.9 Å². The fraction of sp³-hybridized carbons (Fsp3) is 0.385. The summed E-state index contributed by atoms with van der Waals surface area (Å²) in [5.74, 6) is -0.376. The second kappa shape index (κ2) is 6.95. The highest BCUT2D eigenvalue weighted by atomic mass is 32.2. The van der Waals surface area contributed by atoms with Crippen LogP contribution in [0.1, 0.15) is 17.9 Å². The van der Waals surface area contributed by atoms with Crippen molar-refractivity contribution in [2.24, 2.45) is 0 Å². The van der Waals surface area contributed by atoms with Gasteiger partial charge >= 0.3 is 5.22 Å². The lowest BCUT2D eigenvalue weighted by Gasteiger charge is -2.07. The van der Waals surface area contributed by atoms with Crippen molar-refractivity contribution in [1.82, 2.24) is 14.9 Å². The van der Waals surface area contributed by atoms with E-state index in [2.05, 4.69) is 14.9 Å². The lowest BCUT2D eigenvalue weighted by atomic mass is 10.2. The van der Waals surface area contributed by atoms with E-state index in [1.165, 1.54) is 19.1 Å². The Morgan fingerprint density at radius 3 is 2.50 bits per heavy atom. The summed E-state index contributed by atoms with van der Waals surface area (Å²) in [6.45, 7) is 1.55. The summed E-state index contributed by atoms with van der Waals surface area (Å²) in [6, 6.07) is 3.52. The number of aryl methyl sites for hydroxylation is 2. The van der Waals surface area contributed by atoms with Gasteiger partial charge in [-0.3, -0.25) is 0 Å². The normalized spacial score (nSPS) is 12.5. The Bertz CT molecular complexity index is 938. The number of aromatic nitrogens is 2. The summed E-state index contributed by atoms with van der Waals surface area (Å²) in [7, 11) is -7.31. The molecule has 11 heteroatoms. The first-order valence-electron chi connectivity index (χ1n) is 6.88. The van der Waals surface area contributed by atoms with Crippen LogP contribution in [0.3, 0.4) is 0 Å². The molecule has 0 aliphatic rings. The number of benzene rings is 1. The summed E-state index contributed by atoms with van der Waals surface area (Å²) < 4.78 is 67.1. The van der Waals surface area contributed by atoms with Gasteiger partial charge in [-0.15, -0.1) is 5.10 Å². The second-order valence-corrected chi connectivity index (χ2v) is 8.81. The first-order valence-corrected chi connectivity index (χ1v) is 10.3. The van der Waals surface area contributed by atoms with Crippen LogP contribution in [0.4, 0.5) is 4.39 Å². The first-order chi connectivity index (χ1) is 11.1. The highest BCUT2D eigenvalue weighted by Crippen LogP contribution is 2.14. The van der Waals surface area contributed by atoms with Crippen LogP contribution in [-0.4, -0.2) is 39.8 Å². The maximum atomic E-state index is 13.2. The zero-order chi connectivity index (χ0) is 18.0. The molecule has 0 saturated carbocycles. The molecule has 2 rings (SSSR count). The van der Waals surface area contributed by atoms with Gasteiger partial charge in [-0.1, -0.05) is 5.10 Å². The molecule has 0 aliphatic heterocycles. The minimum Gasteiger partial charge on any atom is -0.413 e. The van der Waals surface area contributed by atoms with Crippen LogP contribution in [0.25, 0.3) is 0 Å². The minimum atomic E-state index is -3.75. The van der Waals surface area contributed by atoms with Crippen LogP contribution in [-0.2, 0) is 26.3 Å². The third-order valence-electron chi connectivity index (χ3n) is 3.06. The SMILES string of the molecule is Cc1cc(S(=O)(=O)NCCCc2nnc(S(C)(=O)=O)o2)ccc1F. The van der Waals surface area contributed by atoms with Crippen LogP contribution in [0, 0.1) is 12.7 Å². The summed E-state index contributed by atoms with van der Waals surface area (Å²) >= 11 is 0. The number of nitrogens with zero attached hydrogens (tertiary/aromatic N) is 2. The monoisotopic (exact) mass is 377 g/mol. The molecule has 8 nitrogen and oxygen atoms in total. The van der Waals surface area contributed by atoms with Crippen LogP contribution < -0.4 is 4.72 Å². The van der Waals surface area contributed by atoms with Gasteiger partial charge in [0.15, 0.2) is 0 Å². The van der Waals surface area contributed by atoms with Gasteiger partial charge in [0.25, 0.3) is 0 Å². The largest absolute Gasteiger partial charge is 0.413 e. The summed E-state index contributed by atoms with van der Waals surface area (Å²) in [4.78, 5) is -0.0291. The molecular weight excluding hydrogens is 361 g/mol. The van der Waals surface area contributed by atoms with Crippen molar-refractivity contribution in [3.05, 3.63) is 35.5 Å². The van der Waals surface area contributed by atoms with Crippen molar-refractivity contribution in [2.45, 2.75) is 29.9 Å². The summed E-state index contributed by atoms with van der Waals surface area (Å²) in [5, 5.41) is 6.51. The highest BCUT2D eigenvalue weighted by Gasteiger charge is 2.17. The smallest absolute Gasteiger partial charge is 0.335 e. The molecule has 24 heavy (non-hydrogen) atoms. The van der Waals surface area contributed by atoms with Crippen molar-refractivity contribution in [1.29, 1.82) is 0 Å². The maximum Gasteiger partial charge on any atom is 0.335 e. The van der Waals surface area contributed by atoms with Crippen molar-refractivity contribution in [2.75, 3.05) is 12.8 Å². The number of hydrogen-bond acceptors (Lipinski definition) is 7. The fourth-order valence-electron chi connectivity index (χ4n) is 1.80. The highest BCUT2D eigenvalue weighted by molar-refractivity contribution is 7.90. The molecule has 1 aromatic carbocycles. The van der Waals surface area contributed by atoms with Crippen molar-refractivity contribution in [3.8, 4) is 0 Å². The standard InChI is InChI=1S/C13H16FN3O5S2/c1-9-8-10(5-6-11(9)14)24(20,21)15-7-3-4-12-16-17-13(22-12)23(2,18)19/h5-6,8,15H,3-4,7H2,1-2H3. The number of rotatable bonds is 7. The van der Waals surface area contributed by atoms with Gasteiger partial charge in [-0.2, -0.15) is 0 Å². The van der Waals surface area contributed by atoms with Gasteiger partial charge in [0.1, 0.15) is 5.82 Å². The lowest BCUT2D eigenvalue weighted by molar-refractivity contribution is 0.394. The van der Waals surface area contributed by atoms with Gasteiger partial charge in [0.05, 0.1) is 4.90 Å². The topological polar surface area (TPSA) is 119 Å². The Morgan fingerprint density at radius 1 is 1.21 bits per heavy atom. The average Bonchev–Trinajstić information content (AvgIpc) is 2.95. The zero-order valence-corrected chi connectivity index (χ0v) is 14.6. The van der Waals surface area contributed by atoms with Crippen LogP contribution in [0.2, 0.25) is 0 Å². The number of sulfonamides is 1. The van der Waals surface area contributed by atoms with E-state index in [1.807, 2.05) is 0 Å². The molecule has 0 saturated heterocycles. The van der Waals surface area contributed by atoms with Gasteiger partial charge < -0.3 is 4.42 Å². The average molecular weight is 377 g/mol. The van der Waals surface area contributed by atoms with E-state index < -0.39 is 30.9 Å². The van der Waals surface area contributed by atoms with Gasteiger partial charge in [-0.05, 0) is 37.1 Å². The quantitative estimate of drug-likeness (QED) is 0.710. The van der Waals surface area contributed by atoms with Crippen LogP contribution >= 0.6 is 0 Å². The molecule has 0 spiro atoms. The summed E-state index contributed by atoms with van der Waals surface area (Å²) in [5.41, 5.74) is 0.233. The molecule has 0 unspecified atom stereocenters. The van der Waals surface area contributed by atoms with Crippen LogP contribution in [0.15, 0.2) is 32.7 Å². The Labute approximate surface area is 139 Å². The molecule has 2 aromatic rings. The fourth-order valence-corrected chi connectivity index (χ4v) is 3.40. The molecule has 0 bridgehead atoms. The van der Waals surface area contributed by atoms with E-state index in [-0.39, 0.29) is 29.3 Å². The van der Waals surface area contributed by atoms with Gasteiger partial charge in [0, 0.05) is 19.2 Å². The number of hydrogen-bond donors (Lipinski definition) is 1. The molecule has 0 atom stereocenters. The molecule has 1 heterocycles. The van der Waals surface area contributed by atoms with E-state index in [9.17, 15) is 21.2 Å². The Hall–Kier alpha value is -1.85. The van der Waals surface area contributed by atoms with E-state index >= 15 is 0 Å². The number of nitrogens with one attached hydrogen (secondary N) is 1. The lowest BCUT2D eigenvalue weighted by Crippen LogP contribution is -2.25. The molecule has 1 N–H and O–H groups in total. The minimum absolute atomic E-state index is 0.0291. The first kappa shape index (κ1) is 18.5. The predicted octanol–water partition coefficient (Wildman–Crippen LogP) is 0.832. The van der Waals surface area contributed by atoms with Crippen LogP contribution in [0.5, 0.6) is 0 Å². The molecule has 0 aliphatic carbocycles.